The summed E-state index contributed by atoms with van der Waals surface area (Å²) in [6, 6.07) is 7.59. The number of hydrogen-bond acceptors (Lipinski definition) is 3. The summed E-state index contributed by atoms with van der Waals surface area (Å²) in [6.07, 6.45) is 5.08. The molecule has 5 nitrogen and oxygen atoms in total. The van der Waals surface area contributed by atoms with Crippen molar-refractivity contribution in [2.75, 3.05) is 13.1 Å². The Labute approximate surface area is 141 Å². The molecule has 22 heavy (non-hydrogen) atoms. The first-order chi connectivity index (χ1) is 10.2. The molecule has 0 aliphatic rings. The molecule has 0 saturated heterocycles. The molecule has 0 fully saturated rings. The lowest BCUT2D eigenvalue weighted by atomic mass is 10.2. The second-order valence-electron chi connectivity index (χ2n) is 4.77. The van der Waals surface area contributed by atoms with E-state index in [0.29, 0.717) is 30.2 Å². The molecule has 0 aliphatic heterocycles. The summed E-state index contributed by atoms with van der Waals surface area (Å²) >= 11 is 6.11. The van der Waals surface area contributed by atoms with E-state index in [1.807, 2.05) is 24.3 Å². The van der Waals surface area contributed by atoms with Crippen molar-refractivity contribution >= 4 is 29.9 Å². The highest BCUT2D eigenvalue weighted by Crippen LogP contribution is 2.16. The van der Waals surface area contributed by atoms with E-state index >= 15 is 0 Å². The molecular weight excluding hydrogens is 323 g/mol. The van der Waals surface area contributed by atoms with E-state index < -0.39 is 0 Å². The zero-order chi connectivity index (χ0) is 15.1. The average Bonchev–Trinajstić information content (AvgIpc) is 2.94. The molecule has 0 bridgehead atoms. The van der Waals surface area contributed by atoms with Crippen molar-refractivity contribution in [2.24, 2.45) is 5.73 Å². The first-order valence-electron chi connectivity index (χ1n) is 6.95. The number of nitrogens with zero attached hydrogens (tertiary/aromatic N) is 2. The maximum absolute atomic E-state index is 11.9. The quantitative estimate of drug-likeness (QED) is 0.759. The van der Waals surface area contributed by atoms with Crippen LogP contribution in [-0.4, -0.2) is 28.8 Å². The largest absolute Gasteiger partial charge is 0.352 e. The van der Waals surface area contributed by atoms with E-state index in [1.165, 1.54) is 0 Å². The molecule has 0 saturated carbocycles. The minimum absolute atomic E-state index is 0. The second kappa shape index (κ2) is 9.46. The van der Waals surface area contributed by atoms with Crippen LogP contribution >= 0.6 is 24.0 Å². The molecule has 1 aromatic heterocycles. The number of aromatic nitrogens is 2. The second-order valence-corrected chi connectivity index (χ2v) is 5.18. The lowest BCUT2D eigenvalue weighted by molar-refractivity contribution is 0.0953. The third kappa shape index (κ3) is 5.33. The van der Waals surface area contributed by atoms with Gasteiger partial charge in [-0.05, 0) is 31.0 Å². The number of rotatable bonds is 7. The lowest BCUT2D eigenvalue weighted by Gasteiger charge is -2.04. The van der Waals surface area contributed by atoms with E-state index in [1.54, 1.807) is 17.1 Å². The van der Waals surface area contributed by atoms with E-state index in [4.69, 9.17) is 17.3 Å². The van der Waals surface area contributed by atoms with Crippen LogP contribution in [0.2, 0.25) is 5.02 Å². The van der Waals surface area contributed by atoms with Crippen LogP contribution in [0, 0.1) is 0 Å². The minimum atomic E-state index is -0.113. The summed E-state index contributed by atoms with van der Waals surface area (Å²) in [5.41, 5.74) is 6.93. The summed E-state index contributed by atoms with van der Waals surface area (Å²) in [5, 5.41) is 7.74. The highest BCUT2D eigenvalue weighted by Gasteiger charge is 2.08. The fraction of sp³-hybridized carbons (Fsp3) is 0.333. The van der Waals surface area contributed by atoms with Crippen LogP contribution in [0.3, 0.4) is 0 Å². The van der Waals surface area contributed by atoms with Crippen molar-refractivity contribution in [2.45, 2.75) is 19.4 Å². The van der Waals surface area contributed by atoms with Gasteiger partial charge < -0.3 is 11.1 Å². The summed E-state index contributed by atoms with van der Waals surface area (Å²) < 4.78 is 1.70. The Morgan fingerprint density at radius 3 is 2.82 bits per heavy atom. The Hall–Kier alpha value is -1.56. The molecule has 2 rings (SSSR count). The highest BCUT2D eigenvalue weighted by molar-refractivity contribution is 6.31. The van der Waals surface area contributed by atoms with Crippen LogP contribution in [0.1, 0.15) is 28.8 Å². The predicted molar refractivity (Wildman–Crippen MR) is 90.7 cm³/mol. The third-order valence-electron chi connectivity index (χ3n) is 3.10. The number of carbonyl (C=O) groups excluding carboxylic acids is 1. The van der Waals surface area contributed by atoms with E-state index in [2.05, 4.69) is 10.4 Å². The standard InChI is InChI=1S/C15H19ClN4O.ClH/c16-14-6-2-1-5-12(14)10-20-11-13(9-19-20)15(21)18-8-4-3-7-17;/h1-2,5-6,9,11H,3-4,7-8,10,17H2,(H,18,21);1H. The molecule has 1 amide bonds. The normalized spacial score (nSPS) is 10.1. The van der Waals surface area contributed by atoms with Crippen molar-refractivity contribution in [1.82, 2.24) is 15.1 Å². The minimum Gasteiger partial charge on any atom is -0.352 e. The smallest absolute Gasteiger partial charge is 0.254 e. The molecule has 0 spiro atoms. The molecule has 2 aromatic rings. The summed E-state index contributed by atoms with van der Waals surface area (Å²) in [6.45, 7) is 1.82. The predicted octanol–water partition coefficient (Wildman–Crippen LogP) is 2.48. The van der Waals surface area contributed by atoms with Gasteiger partial charge >= 0.3 is 0 Å². The topological polar surface area (TPSA) is 72.9 Å². The Balaban J connectivity index is 0.00000242. The SMILES string of the molecule is Cl.NCCCCNC(=O)c1cnn(Cc2ccccc2Cl)c1. The van der Waals surface area contributed by atoms with Crippen LogP contribution in [0.5, 0.6) is 0 Å². The summed E-state index contributed by atoms with van der Waals surface area (Å²) in [7, 11) is 0. The number of amides is 1. The van der Waals surface area contributed by atoms with Crippen LogP contribution in [0.4, 0.5) is 0 Å². The molecule has 0 atom stereocenters. The molecular formula is C15H20Cl2N4O. The number of nitrogens with two attached hydrogens (primary N) is 1. The molecule has 3 N–H and O–H groups in total. The number of carbonyl (C=O) groups is 1. The van der Waals surface area contributed by atoms with Crippen molar-refractivity contribution < 1.29 is 4.79 Å². The summed E-state index contributed by atoms with van der Waals surface area (Å²) in [5.74, 6) is -0.113. The first kappa shape index (κ1) is 18.5. The van der Waals surface area contributed by atoms with Gasteiger partial charge in [0.15, 0.2) is 0 Å². The highest BCUT2D eigenvalue weighted by atomic mass is 35.5. The monoisotopic (exact) mass is 342 g/mol. The van der Waals surface area contributed by atoms with Crippen LogP contribution in [-0.2, 0) is 6.54 Å². The van der Waals surface area contributed by atoms with Crippen LogP contribution < -0.4 is 11.1 Å². The van der Waals surface area contributed by atoms with Gasteiger partial charge in [0.2, 0.25) is 0 Å². The Bertz CT molecular complexity index is 601. The van der Waals surface area contributed by atoms with E-state index in [9.17, 15) is 4.79 Å². The van der Waals surface area contributed by atoms with Crippen LogP contribution in [0.25, 0.3) is 0 Å². The Morgan fingerprint density at radius 2 is 2.09 bits per heavy atom. The zero-order valence-corrected chi connectivity index (χ0v) is 13.7. The molecule has 120 valence electrons. The number of halogens is 2. The van der Waals surface area contributed by atoms with Gasteiger partial charge in [-0.2, -0.15) is 5.10 Å². The van der Waals surface area contributed by atoms with Gasteiger partial charge in [-0.15, -0.1) is 12.4 Å². The van der Waals surface area contributed by atoms with Gasteiger partial charge in [-0.1, -0.05) is 29.8 Å². The van der Waals surface area contributed by atoms with Crippen molar-refractivity contribution in [1.29, 1.82) is 0 Å². The number of unbranched alkanes of at least 4 members (excludes halogenated alkanes) is 1. The van der Waals surface area contributed by atoms with Gasteiger partial charge in [0.1, 0.15) is 0 Å². The molecule has 0 unspecified atom stereocenters. The van der Waals surface area contributed by atoms with Gasteiger partial charge in [-0.3, -0.25) is 9.48 Å². The summed E-state index contributed by atoms with van der Waals surface area (Å²) in [4.78, 5) is 11.9. The van der Waals surface area contributed by atoms with Crippen molar-refractivity contribution in [3.63, 3.8) is 0 Å². The number of benzene rings is 1. The van der Waals surface area contributed by atoms with E-state index in [-0.39, 0.29) is 18.3 Å². The molecule has 0 aliphatic carbocycles. The average molecular weight is 343 g/mol. The molecule has 7 heteroatoms. The fourth-order valence-electron chi connectivity index (χ4n) is 1.94. The maximum Gasteiger partial charge on any atom is 0.254 e. The molecule has 1 heterocycles. The maximum atomic E-state index is 11.9. The Morgan fingerprint density at radius 1 is 1.32 bits per heavy atom. The molecule has 1 aromatic carbocycles. The molecule has 0 radical (unpaired) electrons. The van der Waals surface area contributed by atoms with Crippen molar-refractivity contribution in [3.8, 4) is 0 Å². The number of hydrogen-bond donors (Lipinski definition) is 2. The third-order valence-corrected chi connectivity index (χ3v) is 3.47. The first-order valence-corrected chi connectivity index (χ1v) is 7.32. The van der Waals surface area contributed by atoms with Gasteiger partial charge in [-0.25, -0.2) is 0 Å². The Kier molecular flexibility index (Phi) is 7.95. The lowest BCUT2D eigenvalue weighted by Crippen LogP contribution is -2.24. The van der Waals surface area contributed by atoms with Gasteiger partial charge in [0.25, 0.3) is 5.91 Å². The van der Waals surface area contributed by atoms with Crippen molar-refractivity contribution in [3.05, 3.63) is 52.8 Å². The zero-order valence-electron chi connectivity index (χ0n) is 12.2. The van der Waals surface area contributed by atoms with Crippen LogP contribution in [0.15, 0.2) is 36.7 Å². The van der Waals surface area contributed by atoms with Gasteiger partial charge in [0.05, 0.1) is 18.3 Å². The van der Waals surface area contributed by atoms with E-state index in [0.717, 1.165) is 18.4 Å². The fourth-order valence-corrected chi connectivity index (χ4v) is 2.14. The van der Waals surface area contributed by atoms with Gasteiger partial charge in [0, 0.05) is 17.8 Å². The number of nitrogens with one attached hydrogen (secondary N) is 1.